The van der Waals surface area contributed by atoms with Crippen LogP contribution >= 0.6 is 0 Å². The first-order valence-electron chi connectivity index (χ1n) is 8.40. The van der Waals surface area contributed by atoms with Crippen LogP contribution in [0.1, 0.15) is 38.2 Å². The lowest BCUT2D eigenvalue weighted by Gasteiger charge is -2.32. The molecule has 1 aliphatic rings. The van der Waals surface area contributed by atoms with Crippen molar-refractivity contribution in [1.29, 1.82) is 0 Å². The molecule has 0 amide bonds. The molecule has 1 unspecified atom stereocenters. The molecule has 1 atom stereocenters. The van der Waals surface area contributed by atoms with E-state index in [1.165, 1.54) is 37.9 Å². The fraction of sp³-hybridized carbons (Fsp3) is 0.667. The van der Waals surface area contributed by atoms with E-state index in [-0.39, 0.29) is 0 Å². The highest BCUT2D eigenvalue weighted by Crippen LogP contribution is 2.19. The van der Waals surface area contributed by atoms with Gasteiger partial charge in [-0.3, -0.25) is 4.90 Å². The van der Waals surface area contributed by atoms with Crippen LogP contribution in [0.15, 0.2) is 24.3 Å². The van der Waals surface area contributed by atoms with Crippen LogP contribution < -0.4 is 10.1 Å². The highest BCUT2D eigenvalue weighted by atomic mass is 16.5. The fourth-order valence-corrected chi connectivity index (χ4v) is 3.03. The zero-order chi connectivity index (χ0) is 14.9. The zero-order valence-electron chi connectivity index (χ0n) is 13.6. The Morgan fingerprint density at radius 2 is 2.10 bits per heavy atom. The normalized spacial score (nSPS) is 19.6. The van der Waals surface area contributed by atoms with Gasteiger partial charge < -0.3 is 10.1 Å². The van der Waals surface area contributed by atoms with Gasteiger partial charge in [0.15, 0.2) is 0 Å². The number of unbranched alkanes of at least 4 members (excludes halogenated alkanes) is 1. The summed E-state index contributed by atoms with van der Waals surface area (Å²) in [5.41, 5.74) is 1.39. The monoisotopic (exact) mass is 290 g/mol. The van der Waals surface area contributed by atoms with Gasteiger partial charge in [-0.05, 0) is 63.0 Å². The number of rotatable bonds is 8. The predicted octanol–water partition coefficient (Wildman–Crippen LogP) is 3.30. The summed E-state index contributed by atoms with van der Waals surface area (Å²) in [5.74, 6) is 1.80. The molecule has 118 valence electrons. The van der Waals surface area contributed by atoms with E-state index in [0.717, 1.165) is 37.8 Å². The van der Waals surface area contributed by atoms with Gasteiger partial charge in [-0.1, -0.05) is 25.5 Å². The quantitative estimate of drug-likeness (QED) is 0.744. The van der Waals surface area contributed by atoms with Gasteiger partial charge in [0.2, 0.25) is 0 Å². The molecule has 0 saturated carbocycles. The number of piperidine rings is 1. The van der Waals surface area contributed by atoms with E-state index in [1.54, 1.807) is 0 Å². The average Bonchev–Trinajstić information content (AvgIpc) is 2.50. The summed E-state index contributed by atoms with van der Waals surface area (Å²) in [6.45, 7) is 7.67. The third-order valence-electron chi connectivity index (χ3n) is 4.19. The Kier molecular flexibility index (Phi) is 7.04. The maximum absolute atomic E-state index is 5.72. The molecule has 0 aliphatic carbocycles. The van der Waals surface area contributed by atoms with Crippen molar-refractivity contribution >= 4 is 0 Å². The van der Waals surface area contributed by atoms with Gasteiger partial charge in [-0.2, -0.15) is 0 Å². The van der Waals surface area contributed by atoms with Gasteiger partial charge in [0.25, 0.3) is 0 Å². The molecule has 1 N–H and O–H groups in total. The van der Waals surface area contributed by atoms with Crippen LogP contribution in [-0.4, -0.2) is 38.2 Å². The second-order valence-electron chi connectivity index (χ2n) is 6.15. The van der Waals surface area contributed by atoms with E-state index in [0.29, 0.717) is 0 Å². The van der Waals surface area contributed by atoms with Crippen LogP contribution in [0.3, 0.4) is 0 Å². The molecule has 21 heavy (non-hydrogen) atoms. The molecule has 3 nitrogen and oxygen atoms in total. The molecule has 1 saturated heterocycles. The molecule has 1 aliphatic heterocycles. The summed E-state index contributed by atoms with van der Waals surface area (Å²) < 4.78 is 5.72. The maximum atomic E-state index is 5.72. The fourth-order valence-electron chi connectivity index (χ4n) is 3.03. The van der Waals surface area contributed by atoms with E-state index < -0.39 is 0 Å². The van der Waals surface area contributed by atoms with Crippen LogP contribution in [0.2, 0.25) is 0 Å². The Morgan fingerprint density at radius 1 is 1.29 bits per heavy atom. The van der Waals surface area contributed by atoms with E-state index in [2.05, 4.69) is 48.5 Å². The first kappa shape index (κ1) is 16.3. The van der Waals surface area contributed by atoms with Crippen molar-refractivity contribution in [2.75, 3.05) is 33.3 Å². The van der Waals surface area contributed by atoms with Crippen molar-refractivity contribution in [3.05, 3.63) is 29.8 Å². The Morgan fingerprint density at radius 3 is 2.81 bits per heavy atom. The summed E-state index contributed by atoms with van der Waals surface area (Å²) in [4.78, 5) is 2.58. The average molecular weight is 290 g/mol. The summed E-state index contributed by atoms with van der Waals surface area (Å²) in [6, 6.07) is 8.64. The number of nitrogens with one attached hydrogen (secondary N) is 1. The van der Waals surface area contributed by atoms with E-state index in [4.69, 9.17) is 4.74 Å². The van der Waals surface area contributed by atoms with Crippen molar-refractivity contribution in [3.63, 3.8) is 0 Å². The Hall–Kier alpha value is -1.06. The number of hydrogen-bond acceptors (Lipinski definition) is 3. The van der Waals surface area contributed by atoms with Gasteiger partial charge in [0.1, 0.15) is 5.75 Å². The van der Waals surface area contributed by atoms with Crippen molar-refractivity contribution in [2.24, 2.45) is 5.92 Å². The number of likely N-dealkylation sites (tertiary alicyclic amines) is 1. The maximum Gasteiger partial charge on any atom is 0.119 e. The molecule has 0 aromatic heterocycles. The summed E-state index contributed by atoms with van der Waals surface area (Å²) >= 11 is 0. The number of benzene rings is 1. The van der Waals surface area contributed by atoms with Gasteiger partial charge in [-0.25, -0.2) is 0 Å². The Labute approximate surface area is 129 Å². The van der Waals surface area contributed by atoms with Gasteiger partial charge >= 0.3 is 0 Å². The van der Waals surface area contributed by atoms with Gasteiger partial charge in [0.05, 0.1) is 6.61 Å². The molecule has 0 bridgehead atoms. The van der Waals surface area contributed by atoms with Crippen molar-refractivity contribution in [1.82, 2.24) is 10.2 Å². The third kappa shape index (κ3) is 5.68. The molecule has 1 aromatic carbocycles. The lowest BCUT2D eigenvalue weighted by Crippen LogP contribution is -2.38. The smallest absolute Gasteiger partial charge is 0.119 e. The lowest BCUT2D eigenvalue weighted by atomic mass is 9.97. The SMILES string of the molecule is CCCCOc1ccc(CN2CCCC(CNC)C2)cc1. The van der Waals surface area contributed by atoms with Crippen LogP contribution in [-0.2, 0) is 6.54 Å². The van der Waals surface area contributed by atoms with E-state index in [1.807, 2.05) is 0 Å². The van der Waals surface area contributed by atoms with Gasteiger partial charge in [0, 0.05) is 13.1 Å². The van der Waals surface area contributed by atoms with Crippen molar-refractivity contribution in [3.8, 4) is 5.75 Å². The Balaban J connectivity index is 1.79. The van der Waals surface area contributed by atoms with Crippen LogP contribution in [0.5, 0.6) is 5.75 Å². The molecule has 1 aromatic rings. The number of hydrogen-bond donors (Lipinski definition) is 1. The second kappa shape index (κ2) is 9.06. The molecular weight excluding hydrogens is 260 g/mol. The molecular formula is C18H30N2O. The Bertz CT molecular complexity index is 389. The third-order valence-corrected chi connectivity index (χ3v) is 4.19. The summed E-state index contributed by atoms with van der Waals surface area (Å²) in [5, 5.41) is 3.31. The van der Waals surface area contributed by atoms with Crippen molar-refractivity contribution < 1.29 is 4.74 Å². The first-order valence-corrected chi connectivity index (χ1v) is 8.40. The minimum absolute atomic E-state index is 0.806. The molecule has 2 rings (SSSR count). The van der Waals surface area contributed by atoms with Crippen molar-refractivity contribution in [2.45, 2.75) is 39.2 Å². The van der Waals surface area contributed by atoms with E-state index in [9.17, 15) is 0 Å². The topological polar surface area (TPSA) is 24.5 Å². The summed E-state index contributed by atoms with van der Waals surface area (Å²) in [6.07, 6.45) is 5.00. The highest BCUT2D eigenvalue weighted by molar-refractivity contribution is 5.27. The lowest BCUT2D eigenvalue weighted by molar-refractivity contribution is 0.167. The van der Waals surface area contributed by atoms with Crippen LogP contribution in [0, 0.1) is 5.92 Å². The predicted molar refractivity (Wildman–Crippen MR) is 88.8 cm³/mol. The van der Waals surface area contributed by atoms with E-state index >= 15 is 0 Å². The molecule has 3 heteroatoms. The minimum atomic E-state index is 0.806. The second-order valence-corrected chi connectivity index (χ2v) is 6.15. The highest BCUT2D eigenvalue weighted by Gasteiger charge is 2.19. The molecule has 1 heterocycles. The largest absolute Gasteiger partial charge is 0.494 e. The number of ether oxygens (including phenoxy) is 1. The van der Waals surface area contributed by atoms with Crippen LogP contribution in [0.4, 0.5) is 0 Å². The van der Waals surface area contributed by atoms with Gasteiger partial charge in [-0.15, -0.1) is 0 Å². The standard InChI is InChI=1S/C18H30N2O/c1-3-4-12-21-18-9-7-16(8-10-18)14-20-11-5-6-17(15-20)13-19-2/h7-10,17,19H,3-6,11-15H2,1-2H3. The molecule has 0 radical (unpaired) electrons. The molecule has 1 fully saturated rings. The van der Waals surface area contributed by atoms with Crippen LogP contribution in [0.25, 0.3) is 0 Å². The number of nitrogens with zero attached hydrogens (tertiary/aromatic N) is 1. The summed E-state index contributed by atoms with van der Waals surface area (Å²) in [7, 11) is 2.05. The molecule has 0 spiro atoms. The minimum Gasteiger partial charge on any atom is -0.494 e. The first-order chi connectivity index (χ1) is 10.3. The zero-order valence-corrected chi connectivity index (χ0v) is 13.6.